The maximum Gasteiger partial charge on any atom is 0.107 e. The Bertz CT molecular complexity index is 894. The van der Waals surface area contributed by atoms with Gasteiger partial charge < -0.3 is 14.5 Å². The summed E-state index contributed by atoms with van der Waals surface area (Å²) in [6.07, 6.45) is 6.86. The summed E-state index contributed by atoms with van der Waals surface area (Å²) in [5.41, 5.74) is 5.29. The van der Waals surface area contributed by atoms with Crippen LogP contribution in [0.5, 0.6) is 0 Å². The number of ether oxygens (including phenoxy) is 1. The second-order valence-electron chi connectivity index (χ2n) is 8.55. The van der Waals surface area contributed by atoms with Gasteiger partial charge in [-0.2, -0.15) is 0 Å². The van der Waals surface area contributed by atoms with Gasteiger partial charge in [0.2, 0.25) is 0 Å². The van der Waals surface area contributed by atoms with Gasteiger partial charge in [0, 0.05) is 33.3 Å². The number of hydrogen-bond acceptors (Lipinski definition) is 3. The van der Waals surface area contributed by atoms with Crippen LogP contribution in [-0.2, 0) is 4.74 Å². The molecule has 2 atom stereocenters. The maximum atomic E-state index is 7.16. The molecule has 2 aromatic carbocycles. The molecule has 0 aliphatic carbocycles. The molecule has 2 unspecified atom stereocenters. The second kappa shape index (κ2) is 10.9. The molecule has 31 heavy (non-hydrogen) atoms. The molecule has 0 saturated carbocycles. The summed E-state index contributed by atoms with van der Waals surface area (Å²) in [6.45, 7) is 4.12. The highest BCUT2D eigenvalue weighted by Crippen LogP contribution is 2.40. The van der Waals surface area contributed by atoms with Gasteiger partial charge in [0.05, 0.1) is 0 Å². The third-order valence-corrected chi connectivity index (χ3v) is 8.03. The molecule has 5 heteroatoms. The van der Waals surface area contributed by atoms with Gasteiger partial charge in [0.1, 0.15) is 12.2 Å². The lowest BCUT2D eigenvalue weighted by molar-refractivity contribution is 0.0162. The number of nitrogens with zero attached hydrogens (tertiary/aromatic N) is 2. The number of rotatable bonds is 6. The maximum absolute atomic E-state index is 7.16. The number of hydrogen-bond donors (Lipinski definition) is 0. The zero-order valence-corrected chi connectivity index (χ0v) is 22.5. The topological polar surface area (TPSA) is 15.7 Å². The quantitative estimate of drug-likeness (QED) is 0.276. The van der Waals surface area contributed by atoms with Gasteiger partial charge in [-0.15, -0.1) is 0 Å². The van der Waals surface area contributed by atoms with Gasteiger partial charge in [-0.05, 0) is 107 Å². The molecule has 0 bridgehead atoms. The van der Waals surface area contributed by atoms with E-state index in [4.69, 9.17) is 4.74 Å². The Balaban J connectivity index is 1.77. The third-order valence-electron chi connectivity index (χ3n) is 6.06. The van der Waals surface area contributed by atoms with Crippen molar-refractivity contribution in [1.82, 2.24) is 9.80 Å². The highest BCUT2D eigenvalue weighted by molar-refractivity contribution is 14.1. The first-order valence-electron chi connectivity index (χ1n) is 10.9. The zero-order chi connectivity index (χ0) is 21.8. The largest absolute Gasteiger partial charge is 0.357 e. The van der Waals surface area contributed by atoms with E-state index in [1.807, 2.05) is 0 Å². The molecule has 0 N–H and O–H groups in total. The van der Waals surface area contributed by atoms with Crippen LogP contribution in [0.4, 0.5) is 0 Å². The number of likely N-dealkylation sites (N-methyl/N-ethyl adjacent to an activating group) is 2. The first-order valence-corrected chi connectivity index (χ1v) is 13.1. The number of benzene rings is 2. The van der Waals surface area contributed by atoms with Gasteiger partial charge in [-0.1, -0.05) is 48.6 Å². The smallest absolute Gasteiger partial charge is 0.107 e. The second-order valence-corrected chi connectivity index (χ2v) is 10.9. The molecule has 2 aliphatic heterocycles. The lowest BCUT2D eigenvalue weighted by Gasteiger charge is -2.35. The van der Waals surface area contributed by atoms with Gasteiger partial charge in [0.25, 0.3) is 0 Å². The van der Waals surface area contributed by atoms with Crippen LogP contribution in [0.3, 0.4) is 0 Å². The van der Waals surface area contributed by atoms with E-state index in [1.54, 1.807) is 0 Å². The van der Waals surface area contributed by atoms with E-state index < -0.39 is 0 Å². The summed E-state index contributed by atoms with van der Waals surface area (Å²) in [4.78, 5) is 4.80. The van der Waals surface area contributed by atoms with E-state index in [0.29, 0.717) is 0 Å². The van der Waals surface area contributed by atoms with Gasteiger partial charge >= 0.3 is 0 Å². The highest BCUT2D eigenvalue weighted by Gasteiger charge is 2.30. The summed E-state index contributed by atoms with van der Waals surface area (Å²) in [5.74, 6) is 0. The van der Waals surface area contributed by atoms with Crippen LogP contribution in [0.1, 0.15) is 36.2 Å². The van der Waals surface area contributed by atoms with Crippen molar-refractivity contribution in [2.45, 2.75) is 25.0 Å². The third kappa shape index (κ3) is 5.79. The summed E-state index contributed by atoms with van der Waals surface area (Å²) in [5, 5.41) is 0. The van der Waals surface area contributed by atoms with E-state index >= 15 is 0 Å². The van der Waals surface area contributed by atoms with Gasteiger partial charge in [-0.25, -0.2) is 0 Å². The van der Waals surface area contributed by atoms with Crippen molar-refractivity contribution in [3.05, 3.63) is 90.1 Å². The molecule has 3 nitrogen and oxygen atoms in total. The van der Waals surface area contributed by atoms with Crippen LogP contribution in [0.25, 0.3) is 0 Å². The predicted octanol–water partition coefficient (Wildman–Crippen LogP) is 6.22. The lowest BCUT2D eigenvalue weighted by atomic mass is 9.94. The monoisotopic (exact) mass is 640 g/mol. The summed E-state index contributed by atoms with van der Waals surface area (Å²) in [7, 11) is 4.41. The van der Waals surface area contributed by atoms with Crippen LogP contribution in [0.2, 0.25) is 0 Å². The number of halogens is 2. The minimum Gasteiger partial charge on any atom is -0.357 e. The normalized spacial score (nSPS) is 20.1. The van der Waals surface area contributed by atoms with Gasteiger partial charge in [-0.3, -0.25) is 0 Å². The molecule has 0 spiro atoms. The van der Waals surface area contributed by atoms with Crippen molar-refractivity contribution in [1.29, 1.82) is 0 Å². The minimum absolute atomic E-state index is 0.0509. The first-order chi connectivity index (χ1) is 15.0. The lowest BCUT2D eigenvalue weighted by Crippen LogP contribution is -2.32. The fourth-order valence-electron chi connectivity index (χ4n) is 4.46. The fourth-order valence-corrected chi connectivity index (χ4v) is 5.80. The molecular weight excluding hydrogens is 610 g/mol. The molecular formula is C26H30I2N2O. The summed E-state index contributed by atoms with van der Waals surface area (Å²) < 4.78 is 9.68. The van der Waals surface area contributed by atoms with Crippen molar-refractivity contribution in [3.8, 4) is 0 Å². The Labute approximate surface area is 213 Å². The Morgan fingerprint density at radius 2 is 1.13 bits per heavy atom. The Hall–Kier alpha value is -0.740. The predicted molar refractivity (Wildman–Crippen MR) is 145 cm³/mol. The van der Waals surface area contributed by atoms with Crippen molar-refractivity contribution < 1.29 is 4.74 Å². The van der Waals surface area contributed by atoms with Crippen molar-refractivity contribution in [2.75, 3.05) is 40.3 Å². The van der Waals surface area contributed by atoms with E-state index in [2.05, 4.69) is 130 Å². The molecule has 0 radical (unpaired) electrons. The molecule has 4 rings (SSSR count). The van der Waals surface area contributed by atoms with E-state index in [1.165, 1.54) is 29.4 Å². The zero-order valence-electron chi connectivity index (χ0n) is 18.2. The molecule has 2 aromatic rings. The molecule has 2 aliphatic rings. The SMILES string of the molecule is CN1CCC=C(C(OC(C2=CCCN(C)C2)c2ccccc2I)c2ccccc2I)C1. The van der Waals surface area contributed by atoms with Crippen LogP contribution in [-0.4, -0.2) is 50.1 Å². The van der Waals surface area contributed by atoms with Crippen molar-refractivity contribution in [3.63, 3.8) is 0 Å². The van der Waals surface area contributed by atoms with E-state index in [-0.39, 0.29) is 12.2 Å². The molecule has 0 saturated heterocycles. The van der Waals surface area contributed by atoms with Crippen LogP contribution in [0.15, 0.2) is 71.8 Å². The molecule has 164 valence electrons. The summed E-state index contributed by atoms with van der Waals surface area (Å²) in [6, 6.07) is 17.3. The Morgan fingerprint density at radius 1 is 0.710 bits per heavy atom. The van der Waals surface area contributed by atoms with Crippen LogP contribution in [0, 0.1) is 7.14 Å². The Morgan fingerprint density at radius 3 is 1.52 bits per heavy atom. The van der Waals surface area contributed by atoms with Crippen molar-refractivity contribution in [2.24, 2.45) is 0 Å². The molecule has 0 fully saturated rings. The van der Waals surface area contributed by atoms with Crippen LogP contribution < -0.4 is 0 Å². The fraction of sp³-hybridized carbons (Fsp3) is 0.385. The standard InChI is InChI=1S/C26H30I2N2O/c1-29-15-7-9-19(17-29)25(21-11-3-5-13-23(21)27)31-26(20-10-8-16-30(2)18-20)22-12-4-6-14-24(22)28/h3-6,9-14,25-26H,7-8,15-18H2,1-2H3. The average molecular weight is 640 g/mol. The Kier molecular flexibility index (Phi) is 8.25. The van der Waals surface area contributed by atoms with E-state index in [9.17, 15) is 0 Å². The molecule has 0 aromatic heterocycles. The highest BCUT2D eigenvalue weighted by atomic mass is 127. The van der Waals surface area contributed by atoms with Gasteiger partial charge in [0.15, 0.2) is 0 Å². The average Bonchev–Trinajstić information content (AvgIpc) is 2.76. The summed E-state index contributed by atoms with van der Waals surface area (Å²) >= 11 is 4.92. The molecule has 2 heterocycles. The molecule has 0 amide bonds. The first kappa shape index (κ1) is 23.4. The minimum atomic E-state index is -0.0509. The van der Waals surface area contributed by atoms with Crippen LogP contribution >= 0.6 is 45.2 Å². The van der Waals surface area contributed by atoms with Crippen molar-refractivity contribution >= 4 is 45.2 Å². The van der Waals surface area contributed by atoms with E-state index in [0.717, 1.165) is 39.0 Å².